The highest BCUT2D eigenvalue weighted by Crippen LogP contribution is 2.14. The van der Waals surface area contributed by atoms with Crippen LogP contribution in [0.25, 0.3) is 0 Å². The molecule has 2 aromatic carbocycles. The average Bonchev–Trinajstić information content (AvgIpc) is 2.43. The Bertz CT molecular complexity index is 650. The van der Waals surface area contributed by atoms with Crippen molar-refractivity contribution in [3.8, 4) is 0 Å². The Hall–Kier alpha value is -2.13. The third-order valence-corrected chi connectivity index (χ3v) is 3.02. The maximum Gasteiger partial charge on any atom is 0.187 e. The molecule has 20 heavy (non-hydrogen) atoms. The monoisotopic (exact) mass is 289 g/mol. The molecule has 0 atom stereocenters. The van der Waals surface area contributed by atoms with Crippen LogP contribution < -0.4 is 5.32 Å². The molecule has 0 spiro atoms. The molecule has 0 amide bonds. The second kappa shape index (κ2) is 6.35. The molecular formula is C16H13ClFNO. The number of halogens is 2. The van der Waals surface area contributed by atoms with Crippen LogP contribution in [0.4, 0.5) is 10.1 Å². The molecule has 0 aliphatic heterocycles. The van der Waals surface area contributed by atoms with Gasteiger partial charge in [-0.05, 0) is 55.0 Å². The molecule has 0 saturated carbocycles. The van der Waals surface area contributed by atoms with E-state index < -0.39 is 0 Å². The van der Waals surface area contributed by atoms with E-state index in [0.29, 0.717) is 16.1 Å². The Kier molecular flexibility index (Phi) is 4.53. The summed E-state index contributed by atoms with van der Waals surface area (Å²) < 4.78 is 13.1. The van der Waals surface area contributed by atoms with Crippen LogP contribution in [0.15, 0.2) is 54.7 Å². The zero-order valence-corrected chi connectivity index (χ0v) is 11.6. The fourth-order valence-electron chi connectivity index (χ4n) is 1.66. The second-order valence-corrected chi connectivity index (χ2v) is 4.75. The Morgan fingerprint density at radius 3 is 2.55 bits per heavy atom. The van der Waals surface area contributed by atoms with Gasteiger partial charge in [0.2, 0.25) is 0 Å². The summed E-state index contributed by atoms with van der Waals surface area (Å²) in [5, 5.41) is 3.52. The number of nitrogens with one attached hydrogen (secondary N) is 1. The van der Waals surface area contributed by atoms with E-state index in [2.05, 4.69) is 5.32 Å². The normalized spacial score (nSPS) is 10.8. The Balaban J connectivity index is 2.00. The van der Waals surface area contributed by atoms with Gasteiger partial charge in [0.25, 0.3) is 0 Å². The first-order valence-electron chi connectivity index (χ1n) is 6.05. The average molecular weight is 290 g/mol. The standard InChI is InChI=1S/C16H13ClFNO/c1-11-10-14(6-7-15(11)18)19-9-8-16(20)12-2-4-13(17)5-3-12/h2-10,19H,1H3/b9-8+. The fraction of sp³-hybridized carbons (Fsp3) is 0.0625. The van der Waals surface area contributed by atoms with E-state index >= 15 is 0 Å². The van der Waals surface area contributed by atoms with Gasteiger partial charge in [0.15, 0.2) is 5.78 Å². The highest BCUT2D eigenvalue weighted by Gasteiger charge is 2.01. The summed E-state index contributed by atoms with van der Waals surface area (Å²) >= 11 is 5.76. The van der Waals surface area contributed by atoms with E-state index in [1.165, 1.54) is 18.3 Å². The minimum absolute atomic E-state index is 0.131. The molecule has 0 unspecified atom stereocenters. The number of ketones is 1. The molecular weight excluding hydrogens is 277 g/mol. The third kappa shape index (κ3) is 3.68. The van der Waals surface area contributed by atoms with Crippen molar-refractivity contribution in [1.29, 1.82) is 0 Å². The lowest BCUT2D eigenvalue weighted by atomic mass is 10.1. The van der Waals surface area contributed by atoms with Crippen LogP contribution in [0.5, 0.6) is 0 Å². The lowest BCUT2D eigenvalue weighted by molar-refractivity contribution is 0.104. The summed E-state index contributed by atoms with van der Waals surface area (Å²) in [6.45, 7) is 1.68. The van der Waals surface area contributed by atoms with Crippen LogP contribution in [0.1, 0.15) is 15.9 Å². The summed E-state index contributed by atoms with van der Waals surface area (Å²) in [6, 6.07) is 11.3. The molecule has 0 bridgehead atoms. The topological polar surface area (TPSA) is 29.1 Å². The van der Waals surface area contributed by atoms with Gasteiger partial charge in [-0.15, -0.1) is 0 Å². The molecule has 0 saturated heterocycles. The van der Waals surface area contributed by atoms with Gasteiger partial charge in [0.1, 0.15) is 5.82 Å². The summed E-state index contributed by atoms with van der Waals surface area (Å²) in [4.78, 5) is 11.8. The largest absolute Gasteiger partial charge is 0.362 e. The van der Waals surface area contributed by atoms with E-state index in [9.17, 15) is 9.18 Å². The van der Waals surface area contributed by atoms with E-state index in [0.717, 1.165) is 5.69 Å². The van der Waals surface area contributed by atoms with Crippen molar-refractivity contribution in [2.45, 2.75) is 6.92 Å². The molecule has 0 fully saturated rings. The number of benzene rings is 2. The Morgan fingerprint density at radius 1 is 1.20 bits per heavy atom. The number of rotatable bonds is 4. The van der Waals surface area contributed by atoms with Gasteiger partial charge in [-0.2, -0.15) is 0 Å². The lowest BCUT2D eigenvalue weighted by Gasteiger charge is -2.02. The molecule has 0 radical (unpaired) electrons. The lowest BCUT2D eigenvalue weighted by Crippen LogP contribution is -1.96. The van der Waals surface area contributed by atoms with Crippen LogP contribution in [-0.4, -0.2) is 5.78 Å². The number of hydrogen-bond donors (Lipinski definition) is 1. The predicted molar refractivity (Wildman–Crippen MR) is 79.7 cm³/mol. The maximum atomic E-state index is 13.1. The van der Waals surface area contributed by atoms with Crippen molar-refractivity contribution in [1.82, 2.24) is 0 Å². The van der Waals surface area contributed by atoms with Gasteiger partial charge < -0.3 is 5.32 Å². The van der Waals surface area contributed by atoms with Crippen molar-refractivity contribution in [3.63, 3.8) is 0 Å². The number of carbonyl (C=O) groups is 1. The van der Waals surface area contributed by atoms with Gasteiger partial charge in [-0.25, -0.2) is 4.39 Å². The van der Waals surface area contributed by atoms with Crippen LogP contribution >= 0.6 is 11.6 Å². The Morgan fingerprint density at radius 2 is 1.90 bits per heavy atom. The van der Waals surface area contributed by atoms with Crippen LogP contribution in [0.2, 0.25) is 5.02 Å². The predicted octanol–water partition coefficient (Wildman–Crippen LogP) is 4.60. The first kappa shape index (κ1) is 14.3. The molecule has 2 rings (SSSR count). The SMILES string of the molecule is Cc1cc(N/C=C/C(=O)c2ccc(Cl)cc2)ccc1F. The van der Waals surface area contributed by atoms with Gasteiger partial charge in [0, 0.05) is 28.5 Å². The second-order valence-electron chi connectivity index (χ2n) is 4.31. The Labute approximate surface area is 121 Å². The summed E-state index contributed by atoms with van der Waals surface area (Å²) in [5.41, 5.74) is 1.83. The molecule has 102 valence electrons. The number of anilines is 1. The van der Waals surface area contributed by atoms with Gasteiger partial charge in [-0.3, -0.25) is 4.79 Å². The molecule has 2 aromatic rings. The molecule has 0 aliphatic carbocycles. The van der Waals surface area contributed by atoms with E-state index in [1.807, 2.05) is 0 Å². The highest BCUT2D eigenvalue weighted by atomic mass is 35.5. The zero-order chi connectivity index (χ0) is 14.5. The third-order valence-electron chi connectivity index (χ3n) is 2.77. The molecule has 0 heterocycles. The van der Waals surface area contributed by atoms with Crippen LogP contribution in [0.3, 0.4) is 0 Å². The number of allylic oxidation sites excluding steroid dienone is 1. The molecule has 4 heteroatoms. The molecule has 0 aliphatic rings. The van der Waals surface area contributed by atoms with Crippen molar-refractivity contribution in [2.75, 3.05) is 5.32 Å². The fourth-order valence-corrected chi connectivity index (χ4v) is 1.78. The first-order chi connectivity index (χ1) is 9.56. The van der Waals surface area contributed by atoms with Gasteiger partial charge in [-0.1, -0.05) is 11.6 Å². The first-order valence-corrected chi connectivity index (χ1v) is 6.43. The quantitative estimate of drug-likeness (QED) is 0.658. The molecule has 0 aromatic heterocycles. The smallest absolute Gasteiger partial charge is 0.187 e. The van der Waals surface area contributed by atoms with E-state index in [4.69, 9.17) is 11.6 Å². The van der Waals surface area contributed by atoms with E-state index in [-0.39, 0.29) is 11.6 Å². The maximum absolute atomic E-state index is 13.1. The zero-order valence-electron chi connectivity index (χ0n) is 10.9. The van der Waals surface area contributed by atoms with Crippen molar-refractivity contribution in [2.24, 2.45) is 0 Å². The molecule has 2 nitrogen and oxygen atoms in total. The number of carbonyl (C=O) groups excluding carboxylic acids is 1. The summed E-state index contributed by atoms with van der Waals surface area (Å²) in [7, 11) is 0. The summed E-state index contributed by atoms with van der Waals surface area (Å²) in [5.74, 6) is -0.384. The van der Waals surface area contributed by atoms with E-state index in [1.54, 1.807) is 43.3 Å². The number of hydrogen-bond acceptors (Lipinski definition) is 2. The minimum Gasteiger partial charge on any atom is -0.362 e. The number of aryl methyl sites for hydroxylation is 1. The minimum atomic E-state index is -0.253. The summed E-state index contributed by atoms with van der Waals surface area (Å²) in [6.07, 6.45) is 2.95. The van der Waals surface area contributed by atoms with Crippen LogP contribution in [0, 0.1) is 12.7 Å². The van der Waals surface area contributed by atoms with Crippen LogP contribution in [-0.2, 0) is 0 Å². The highest BCUT2D eigenvalue weighted by molar-refractivity contribution is 6.30. The van der Waals surface area contributed by atoms with Gasteiger partial charge in [0.05, 0.1) is 0 Å². The van der Waals surface area contributed by atoms with Crippen molar-refractivity contribution < 1.29 is 9.18 Å². The van der Waals surface area contributed by atoms with Crippen molar-refractivity contribution in [3.05, 3.63) is 76.7 Å². The van der Waals surface area contributed by atoms with Crippen molar-refractivity contribution >= 4 is 23.1 Å². The van der Waals surface area contributed by atoms with Gasteiger partial charge >= 0.3 is 0 Å². The molecule has 1 N–H and O–H groups in total.